The van der Waals surface area contributed by atoms with Crippen LogP contribution >= 0.6 is 11.3 Å². The predicted octanol–water partition coefficient (Wildman–Crippen LogP) is 9.99. The summed E-state index contributed by atoms with van der Waals surface area (Å²) in [5, 5.41) is 12.7. The zero-order chi connectivity index (χ0) is 27.7. The van der Waals surface area contributed by atoms with Crippen LogP contribution in [0.5, 0.6) is 0 Å². The minimum Gasteiger partial charge on any atom is -0.166 e. The van der Waals surface area contributed by atoms with Crippen molar-refractivity contribution in [3.05, 3.63) is 95.1 Å². The third-order valence-electron chi connectivity index (χ3n) is 7.05. The molecule has 0 unspecified atom stereocenters. The third kappa shape index (κ3) is 4.21. The molecule has 0 aliphatic carbocycles. The fourth-order valence-corrected chi connectivity index (χ4v) is 6.13. The highest BCUT2D eigenvalue weighted by Crippen LogP contribution is 2.47. The number of hydrogen-bond donors (Lipinski definition) is 0. The number of halogens is 6. The summed E-state index contributed by atoms with van der Waals surface area (Å²) in [6.45, 7) is 2.45. The normalized spacial score (nSPS) is 12.6. The zero-order valence-electron chi connectivity index (χ0n) is 20.5. The molecule has 39 heavy (non-hydrogen) atoms. The third-order valence-corrected chi connectivity index (χ3v) is 8.17. The van der Waals surface area contributed by atoms with E-state index in [1.807, 2.05) is 66.7 Å². The smallest absolute Gasteiger partial charge is 0.166 e. The molecule has 0 saturated carbocycles. The lowest BCUT2D eigenvalue weighted by Crippen LogP contribution is -2.19. The molecule has 0 amide bonds. The van der Waals surface area contributed by atoms with Crippen molar-refractivity contribution in [2.45, 2.75) is 26.2 Å². The van der Waals surface area contributed by atoms with Crippen molar-refractivity contribution < 1.29 is 26.3 Å². The number of alkyl halides is 6. The lowest BCUT2D eigenvalue weighted by Gasteiger charge is -2.22. The first kappa shape index (κ1) is 25.3. The van der Waals surface area contributed by atoms with Crippen molar-refractivity contribution in [3.8, 4) is 21.8 Å². The van der Waals surface area contributed by atoms with Gasteiger partial charge in [0.15, 0.2) is 0 Å². The van der Waals surface area contributed by atoms with Gasteiger partial charge in [0, 0.05) is 21.0 Å². The standard InChI is InChI=1S/C30H18F6N2S/c1-15-16(2)26(30(34,35)36)23(29(31,32)33)14-20(15)27-21-11-17-7-3-4-8-18(17)12-22(21)28(38-37-27)25-13-19-9-5-6-10-24(19)39-25/h3-14H,1-2H3. The Morgan fingerprint density at radius 2 is 1.18 bits per heavy atom. The molecule has 0 saturated heterocycles. The SMILES string of the molecule is Cc1c(-c2nnc(-c3cc4ccccc4s3)c3cc4ccccc4cc23)cc(C(F)(F)F)c(C(F)(F)F)c1C. The summed E-state index contributed by atoms with van der Waals surface area (Å²) in [6, 6.07) is 21.6. The fraction of sp³-hybridized carbons (Fsp3) is 0.133. The fourth-order valence-electron chi connectivity index (χ4n) is 5.07. The topological polar surface area (TPSA) is 25.8 Å². The Morgan fingerprint density at radius 3 is 1.77 bits per heavy atom. The molecule has 2 aromatic heterocycles. The van der Waals surface area contributed by atoms with Crippen LogP contribution in [0.1, 0.15) is 22.3 Å². The summed E-state index contributed by atoms with van der Waals surface area (Å²) >= 11 is 1.51. The second-order valence-corrected chi connectivity index (χ2v) is 10.5. The maximum absolute atomic E-state index is 14.0. The maximum Gasteiger partial charge on any atom is 0.417 e. The van der Waals surface area contributed by atoms with Gasteiger partial charge < -0.3 is 0 Å². The quantitative estimate of drug-likeness (QED) is 0.158. The van der Waals surface area contributed by atoms with Gasteiger partial charge in [-0.2, -0.15) is 26.3 Å². The molecule has 4 aromatic carbocycles. The lowest BCUT2D eigenvalue weighted by molar-refractivity contribution is -0.162. The molecule has 0 spiro atoms. The van der Waals surface area contributed by atoms with Gasteiger partial charge in [-0.1, -0.05) is 42.5 Å². The van der Waals surface area contributed by atoms with Crippen molar-refractivity contribution in [2.24, 2.45) is 0 Å². The molecular formula is C30H18F6N2S. The minimum atomic E-state index is -5.22. The molecule has 9 heteroatoms. The van der Waals surface area contributed by atoms with E-state index in [1.54, 1.807) is 0 Å². The van der Waals surface area contributed by atoms with Gasteiger partial charge in [0.2, 0.25) is 0 Å². The Labute approximate surface area is 222 Å². The summed E-state index contributed by atoms with van der Waals surface area (Å²) in [4.78, 5) is 0.826. The van der Waals surface area contributed by atoms with Crippen molar-refractivity contribution in [3.63, 3.8) is 0 Å². The summed E-state index contributed by atoms with van der Waals surface area (Å²) in [7, 11) is 0. The van der Waals surface area contributed by atoms with E-state index in [0.29, 0.717) is 22.5 Å². The van der Waals surface area contributed by atoms with Crippen LogP contribution in [0.25, 0.3) is 53.5 Å². The van der Waals surface area contributed by atoms with Crippen molar-refractivity contribution in [1.82, 2.24) is 10.2 Å². The van der Waals surface area contributed by atoms with E-state index < -0.39 is 29.0 Å². The Hall–Kier alpha value is -3.98. The number of nitrogens with zero attached hydrogens (tertiary/aromatic N) is 2. The van der Waals surface area contributed by atoms with Gasteiger partial charge >= 0.3 is 12.4 Å². The van der Waals surface area contributed by atoms with Gasteiger partial charge in [0.1, 0.15) is 11.4 Å². The molecule has 6 aromatic rings. The number of benzene rings is 4. The monoisotopic (exact) mass is 552 g/mol. The molecule has 2 heterocycles. The van der Waals surface area contributed by atoms with Crippen molar-refractivity contribution in [2.75, 3.05) is 0 Å². The van der Waals surface area contributed by atoms with E-state index in [1.165, 1.54) is 18.3 Å². The number of aromatic nitrogens is 2. The molecule has 0 aliphatic heterocycles. The molecular weight excluding hydrogens is 534 g/mol. The maximum atomic E-state index is 14.0. The van der Waals surface area contributed by atoms with Crippen LogP contribution in [-0.2, 0) is 12.4 Å². The molecule has 0 radical (unpaired) electrons. The van der Waals surface area contributed by atoms with Crippen LogP contribution in [-0.4, -0.2) is 10.2 Å². The highest BCUT2D eigenvalue weighted by Gasteiger charge is 2.45. The molecule has 2 nitrogen and oxygen atoms in total. The minimum absolute atomic E-state index is 0.0384. The number of hydrogen-bond acceptors (Lipinski definition) is 3. The zero-order valence-corrected chi connectivity index (χ0v) is 21.3. The highest BCUT2D eigenvalue weighted by atomic mass is 32.1. The number of rotatable bonds is 2. The van der Waals surface area contributed by atoms with Crippen LogP contribution in [0.3, 0.4) is 0 Å². The van der Waals surface area contributed by atoms with E-state index in [2.05, 4.69) is 10.2 Å². The molecule has 6 rings (SSSR count). The summed E-state index contributed by atoms with van der Waals surface area (Å²) < 4.78 is 84.3. The first-order valence-corrected chi connectivity index (χ1v) is 12.7. The predicted molar refractivity (Wildman–Crippen MR) is 143 cm³/mol. The Balaban J connectivity index is 1.70. The molecule has 0 aliphatic rings. The van der Waals surface area contributed by atoms with Gasteiger partial charge in [-0.15, -0.1) is 21.5 Å². The Bertz CT molecular complexity index is 1880. The second kappa shape index (κ2) is 8.77. The van der Waals surface area contributed by atoms with E-state index in [0.717, 1.165) is 32.7 Å². The Kier molecular flexibility index (Phi) is 5.69. The van der Waals surface area contributed by atoms with Crippen molar-refractivity contribution in [1.29, 1.82) is 0 Å². The summed E-state index contributed by atoms with van der Waals surface area (Å²) in [6.07, 6.45) is -10.4. The van der Waals surface area contributed by atoms with Gasteiger partial charge in [-0.25, -0.2) is 0 Å². The van der Waals surface area contributed by atoms with E-state index in [-0.39, 0.29) is 16.8 Å². The largest absolute Gasteiger partial charge is 0.417 e. The van der Waals surface area contributed by atoms with E-state index in [4.69, 9.17) is 0 Å². The number of thiophene rings is 1. The van der Waals surface area contributed by atoms with Gasteiger partial charge in [0.25, 0.3) is 0 Å². The first-order chi connectivity index (χ1) is 18.4. The highest BCUT2D eigenvalue weighted by molar-refractivity contribution is 7.22. The van der Waals surface area contributed by atoms with Gasteiger partial charge in [0.05, 0.1) is 16.0 Å². The average molecular weight is 553 g/mol. The van der Waals surface area contributed by atoms with Gasteiger partial charge in [-0.3, -0.25) is 0 Å². The number of fused-ring (bicyclic) bond motifs is 3. The molecule has 0 fully saturated rings. The second-order valence-electron chi connectivity index (χ2n) is 9.38. The molecule has 196 valence electrons. The van der Waals surface area contributed by atoms with Crippen LogP contribution in [0, 0.1) is 13.8 Å². The summed E-state index contributed by atoms with van der Waals surface area (Å²) in [5.41, 5.74) is -3.23. The molecule has 0 bridgehead atoms. The van der Waals surface area contributed by atoms with E-state index >= 15 is 0 Å². The molecule has 0 atom stereocenters. The summed E-state index contributed by atoms with van der Waals surface area (Å²) in [5.74, 6) is 0. The average Bonchev–Trinajstić information content (AvgIpc) is 3.31. The lowest BCUT2D eigenvalue weighted by atomic mass is 9.89. The van der Waals surface area contributed by atoms with Crippen LogP contribution in [0.15, 0.2) is 72.8 Å². The van der Waals surface area contributed by atoms with Gasteiger partial charge in [-0.05, 0) is 71.5 Å². The first-order valence-electron chi connectivity index (χ1n) is 11.9. The van der Waals surface area contributed by atoms with Crippen molar-refractivity contribution >= 4 is 43.0 Å². The Morgan fingerprint density at radius 1 is 0.615 bits per heavy atom. The van der Waals surface area contributed by atoms with Crippen LogP contribution < -0.4 is 0 Å². The molecule has 0 N–H and O–H groups in total. The van der Waals surface area contributed by atoms with Crippen LogP contribution in [0.2, 0.25) is 0 Å². The van der Waals surface area contributed by atoms with E-state index in [9.17, 15) is 26.3 Å². The van der Waals surface area contributed by atoms with Crippen LogP contribution in [0.4, 0.5) is 26.3 Å².